The van der Waals surface area contributed by atoms with E-state index >= 15 is 0 Å². The van der Waals surface area contributed by atoms with Crippen molar-refractivity contribution in [2.45, 2.75) is 6.92 Å². The fourth-order valence-electron chi connectivity index (χ4n) is 1.74. The van der Waals surface area contributed by atoms with Crippen LogP contribution in [0.4, 0.5) is 0 Å². The average Bonchev–Trinajstić information content (AvgIpc) is 2.56. The third-order valence-corrected chi connectivity index (χ3v) is 4.76. The molecule has 0 unspecified atom stereocenters. The lowest BCUT2D eigenvalue weighted by Gasteiger charge is -2.17. The topological polar surface area (TPSA) is 50.7 Å². The Morgan fingerprint density at radius 1 is 1.00 bits per heavy atom. The Morgan fingerprint density at radius 2 is 1.48 bits per heavy atom. The van der Waals surface area contributed by atoms with E-state index < -0.39 is 14.0 Å². The highest BCUT2D eigenvalue weighted by Gasteiger charge is 2.13. The molecule has 0 aliphatic rings. The molecule has 1 N–H and O–H groups in total. The monoisotopic (exact) mass is 300 g/mol. The lowest BCUT2D eigenvalue weighted by molar-refractivity contribution is -0.132. The maximum absolute atomic E-state index is 11.4. The van der Waals surface area contributed by atoms with Crippen molar-refractivity contribution in [3.63, 3.8) is 0 Å². The molecule has 0 aliphatic heterocycles. The molecule has 0 saturated heterocycles. The van der Waals surface area contributed by atoms with Gasteiger partial charge in [-0.2, -0.15) is 5.10 Å². The van der Waals surface area contributed by atoms with Crippen molar-refractivity contribution < 1.29 is 9.53 Å². The summed E-state index contributed by atoms with van der Waals surface area (Å²) in [5.74, 6) is -0.432. The Bertz CT molecular complexity index is 575. The zero-order chi connectivity index (χ0) is 15.1. The first-order valence-corrected chi connectivity index (χ1v) is 7.85. The van der Waals surface area contributed by atoms with E-state index in [1.54, 1.807) is 6.92 Å². The van der Waals surface area contributed by atoms with E-state index in [4.69, 9.17) is 0 Å². The number of hydrogen-bond acceptors (Lipinski definition) is 4. The van der Waals surface area contributed by atoms with E-state index in [9.17, 15) is 4.79 Å². The molecule has 5 heteroatoms. The van der Waals surface area contributed by atoms with Gasteiger partial charge in [-0.05, 0) is 6.92 Å². The molecule has 4 nitrogen and oxygen atoms in total. The van der Waals surface area contributed by atoms with Crippen LogP contribution >= 0.6 is 8.07 Å². The molecule has 0 spiro atoms. The summed E-state index contributed by atoms with van der Waals surface area (Å²) < 4.78 is 4.65. The first-order valence-electron chi connectivity index (χ1n) is 6.51. The number of nitrogens with zero attached hydrogens (tertiary/aromatic N) is 1. The minimum Gasteiger partial charge on any atom is -0.464 e. The van der Waals surface area contributed by atoms with Crippen LogP contribution in [0.2, 0.25) is 0 Å². The van der Waals surface area contributed by atoms with Crippen LogP contribution in [-0.2, 0) is 9.53 Å². The van der Waals surface area contributed by atoms with Crippen LogP contribution < -0.4 is 15.8 Å². The number of nitrogens with one attached hydrogen (secondary N) is 1. The summed E-state index contributed by atoms with van der Waals surface area (Å²) >= 11 is 0. The minimum atomic E-state index is -0.858. The molecule has 0 aliphatic carbocycles. The number of hydrogen-bond donors (Lipinski definition) is 1. The average molecular weight is 300 g/mol. The highest BCUT2D eigenvalue weighted by Crippen LogP contribution is 2.28. The highest BCUT2D eigenvalue weighted by atomic mass is 31.1. The van der Waals surface area contributed by atoms with Crippen molar-refractivity contribution in [3.05, 3.63) is 60.7 Å². The van der Waals surface area contributed by atoms with Crippen LogP contribution in [0.5, 0.6) is 0 Å². The van der Waals surface area contributed by atoms with Gasteiger partial charge < -0.3 is 4.74 Å². The molecule has 21 heavy (non-hydrogen) atoms. The van der Waals surface area contributed by atoms with Gasteiger partial charge in [0, 0.05) is 10.6 Å². The van der Waals surface area contributed by atoms with Gasteiger partial charge in [0.15, 0.2) is 0 Å². The number of benzene rings is 2. The lowest BCUT2D eigenvalue weighted by Crippen LogP contribution is -2.22. The molecule has 0 atom stereocenters. The van der Waals surface area contributed by atoms with Crippen LogP contribution in [0.25, 0.3) is 0 Å². The fourth-order valence-corrected chi connectivity index (χ4v) is 3.46. The zero-order valence-electron chi connectivity index (χ0n) is 12.0. The fraction of sp³-hybridized carbons (Fsp3) is 0.125. The first-order chi connectivity index (χ1) is 10.2. The van der Waals surface area contributed by atoms with Gasteiger partial charge >= 0.3 is 5.97 Å². The minimum absolute atomic E-state index is 0.303. The standard InChI is InChI=1S/C16H17N2O2P/c1-13(16(19)20-2)17-18-21(14-9-5-3-6-10-14)15-11-7-4-8-12-15/h3-12,18H,1-2H3. The number of ether oxygens (including phenoxy) is 1. The van der Waals surface area contributed by atoms with Gasteiger partial charge in [-0.1, -0.05) is 60.7 Å². The van der Waals surface area contributed by atoms with Crippen LogP contribution in [0.3, 0.4) is 0 Å². The van der Waals surface area contributed by atoms with E-state index in [1.807, 2.05) is 36.4 Å². The van der Waals surface area contributed by atoms with Gasteiger partial charge in [-0.25, -0.2) is 4.79 Å². The van der Waals surface area contributed by atoms with Crippen LogP contribution in [-0.4, -0.2) is 18.8 Å². The number of esters is 1. The summed E-state index contributed by atoms with van der Waals surface area (Å²) in [7, 11) is 0.487. The van der Waals surface area contributed by atoms with Gasteiger partial charge in [-0.3, -0.25) is 5.20 Å². The Morgan fingerprint density at radius 3 is 1.90 bits per heavy atom. The number of rotatable bonds is 5. The molecule has 0 aromatic heterocycles. The van der Waals surface area contributed by atoms with Crippen molar-refractivity contribution in [2.24, 2.45) is 5.10 Å². The van der Waals surface area contributed by atoms with Crippen LogP contribution in [0.15, 0.2) is 65.8 Å². The number of methoxy groups -OCH3 is 1. The second-order valence-corrected chi connectivity index (χ2v) is 6.20. The molecule has 108 valence electrons. The predicted octanol–water partition coefficient (Wildman–Crippen LogP) is 2.17. The van der Waals surface area contributed by atoms with Crippen molar-refractivity contribution in [1.82, 2.24) is 5.20 Å². The first kappa shape index (κ1) is 15.2. The largest absolute Gasteiger partial charge is 0.464 e. The molecule has 0 amide bonds. The molecule has 0 radical (unpaired) electrons. The third-order valence-electron chi connectivity index (χ3n) is 2.83. The number of carbonyl (C=O) groups excluding carboxylic acids is 1. The van der Waals surface area contributed by atoms with Crippen molar-refractivity contribution in [3.8, 4) is 0 Å². The van der Waals surface area contributed by atoms with Gasteiger partial charge in [0.25, 0.3) is 0 Å². The quantitative estimate of drug-likeness (QED) is 0.398. The third kappa shape index (κ3) is 4.14. The number of carbonyl (C=O) groups is 1. The van der Waals surface area contributed by atoms with E-state index in [2.05, 4.69) is 39.3 Å². The summed E-state index contributed by atoms with van der Waals surface area (Å²) in [5, 5.41) is 9.57. The Balaban J connectivity index is 2.28. The number of hydrazone groups is 1. The van der Waals surface area contributed by atoms with E-state index in [0.29, 0.717) is 5.71 Å². The van der Waals surface area contributed by atoms with Gasteiger partial charge in [-0.15, -0.1) is 0 Å². The maximum atomic E-state index is 11.4. The van der Waals surface area contributed by atoms with Crippen LogP contribution in [0, 0.1) is 0 Å². The second kappa shape index (κ2) is 7.55. The van der Waals surface area contributed by atoms with Crippen LogP contribution in [0.1, 0.15) is 6.92 Å². The SMILES string of the molecule is COC(=O)C(C)=NNP(c1ccccc1)c1ccccc1. The maximum Gasteiger partial charge on any atom is 0.353 e. The molecule has 0 heterocycles. The van der Waals surface area contributed by atoms with Crippen molar-refractivity contribution in [2.75, 3.05) is 7.11 Å². The predicted molar refractivity (Wildman–Crippen MR) is 87.3 cm³/mol. The Hall–Kier alpha value is -2.19. The van der Waals surface area contributed by atoms with Gasteiger partial charge in [0.2, 0.25) is 0 Å². The molecular weight excluding hydrogens is 283 g/mol. The molecule has 2 aromatic rings. The summed E-state index contributed by atoms with van der Waals surface area (Å²) in [6.45, 7) is 1.63. The molecule has 2 rings (SSSR count). The molecule has 2 aromatic carbocycles. The summed E-state index contributed by atoms with van der Waals surface area (Å²) in [6, 6.07) is 20.1. The summed E-state index contributed by atoms with van der Waals surface area (Å²) in [6.07, 6.45) is 0. The lowest BCUT2D eigenvalue weighted by atomic mass is 10.4. The normalized spacial score (nSPS) is 11.3. The molecule has 0 saturated carbocycles. The van der Waals surface area contributed by atoms with Crippen molar-refractivity contribution in [1.29, 1.82) is 0 Å². The van der Waals surface area contributed by atoms with E-state index in [0.717, 1.165) is 10.6 Å². The molecule has 0 bridgehead atoms. The van der Waals surface area contributed by atoms with E-state index in [1.165, 1.54) is 7.11 Å². The highest BCUT2D eigenvalue weighted by molar-refractivity contribution is 7.71. The molecular formula is C16H17N2O2P. The molecule has 0 fully saturated rings. The zero-order valence-corrected chi connectivity index (χ0v) is 12.9. The smallest absolute Gasteiger partial charge is 0.353 e. The summed E-state index contributed by atoms with van der Waals surface area (Å²) in [4.78, 5) is 11.4. The second-order valence-electron chi connectivity index (χ2n) is 4.30. The van der Waals surface area contributed by atoms with Crippen molar-refractivity contribution >= 4 is 30.4 Å². The van der Waals surface area contributed by atoms with Gasteiger partial charge in [0.05, 0.1) is 15.2 Å². The Kier molecular flexibility index (Phi) is 5.47. The van der Waals surface area contributed by atoms with Gasteiger partial charge in [0.1, 0.15) is 5.71 Å². The Labute approximate surface area is 125 Å². The summed E-state index contributed by atoms with van der Waals surface area (Å²) in [5.41, 5.74) is 0.303. The van der Waals surface area contributed by atoms with E-state index in [-0.39, 0.29) is 0 Å².